The Morgan fingerprint density at radius 1 is 1.27 bits per heavy atom. The van der Waals surface area contributed by atoms with Gasteiger partial charge in [0.2, 0.25) is 0 Å². The van der Waals surface area contributed by atoms with Gasteiger partial charge in [-0.3, -0.25) is 4.79 Å². The standard InChI is InChI=1S/C17H22FNO3/c1-17(2,3)22-16(21)19-10-4-5-14(19)11-15(20)12-6-8-13(18)9-7-12/h6-9,14H,4-5,10-11H2,1-3H3. The van der Waals surface area contributed by atoms with E-state index in [2.05, 4.69) is 0 Å². The summed E-state index contributed by atoms with van der Waals surface area (Å²) in [5.74, 6) is -0.451. The number of benzene rings is 1. The van der Waals surface area contributed by atoms with Crippen molar-refractivity contribution in [2.45, 2.75) is 51.7 Å². The average molecular weight is 307 g/mol. The zero-order chi connectivity index (χ0) is 16.3. The number of carbonyl (C=O) groups is 2. The number of hydrogen-bond donors (Lipinski definition) is 0. The minimum atomic E-state index is -0.550. The van der Waals surface area contributed by atoms with Crippen LogP contribution in [-0.4, -0.2) is 35.0 Å². The Balaban J connectivity index is 2.00. The van der Waals surface area contributed by atoms with Crippen LogP contribution in [0.4, 0.5) is 9.18 Å². The summed E-state index contributed by atoms with van der Waals surface area (Å²) in [5, 5.41) is 0. The minimum absolute atomic E-state index is 0.0829. The molecule has 120 valence electrons. The average Bonchev–Trinajstić information content (AvgIpc) is 2.85. The number of hydrogen-bond acceptors (Lipinski definition) is 3. The highest BCUT2D eigenvalue weighted by molar-refractivity contribution is 5.96. The molecule has 0 aromatic heterocycles. The van der Waals surface area contributed by atoms with Crippen molar-refractivity contribution < 1.29 is 18.7 Å². The lowest BCUT2D eigenvalue weighted by molar-refractivity contribution is 0.0223. The number of halogens is 1. The van der Waals surface area contributed by atoms with Crippen LogP contribution in [-0.2, 0) is 4.74 Å². The predicted molar refractivity (Wildman–Crippen MR) is 81.3 cm³/mol. The molecule has 1 aliphatic rings. The molecule has 22 heavy (non-hydrogen) atoms. The molecule has 1 amide bonds. The molecule has 1 atom stereocenters. The second kappa shape index (κ2) is 6.46. The van der Waals surface area contributed by atoms with Gasteiger partial charge >= 0.3 is 6.09 Å². The quantitative estimate of drug-likeness (QED) is 0.798. The number of carbonyl (C=O) groups excluding carboxylic acids is 2. The highest BCUT2D eigenvalue weighted by atomic mass is 19.1. The van der Waals surface area contributed by atoms with E-state index >= 15 is 0 Å². The summed E-state index contributed by atoms with van der Waals surface area (Å²) in [4.78, 5) is 26.1. The SMILES string of the molecule is CC(C)(C)OC(=O)N1CCCC1CC(=O)c1ccc(F)cc1. The minimum Gasteiger partial charge on any atom is -0.444 e. The van der Waals surface area contributed by atoms with Crippen molar-refractivity contribution >= 4 is 11.9 Å². The highest BCUT2D eigenvalue weighted by Gasteiger charge is 2.33. The maximum absolute atomic E-state index is 12.9. The fourth-order valence-corrected chi connectivity index (χ4v) is 2.58. The van der Waals surface area contributed by atoms with E-state index < -0.39 is 5.60 Å². The molecular formula is C17H22FNO3. The molecule has 1 aliphatic heterocycles. The summed E-state index contributed by atoms with van der Waals surface area (Å²) in [6.45, 7) is 6.06. The summed E-state index contributed by atoms with van der Waals surface area (Å²) < 4.78 is 18.3. The second-order valence-corrected chi connectivity index (χ2v) is 6.60. The molecule has 4 nitrogen and oxygen atoms in total. The predicted octanol–water partition coefficient (Wildman–Crippen LogP) is 3.80. The maximum Gasteiger partial charge on any atom is 0.410 e. The fraction of sp³-hybridized carbons (Fsp3) is 0.529. The van der Waals surface area contributed by atoms with Gasteiger partial charge in [0.15, 0.2) is 5.78 Å². The van der Waals surface area contributed by atoms with Gasteiger partial charge in [-0.1, -0.05) is 0 Å². The first-order valence-electron chi connectivity index (χ1n) is 7.54. The van der Waals surface area contributed by atoms with E-state index in [1.165, 1.54) is 24.3 Å². The molecule has 1 heterocycles. The van der Waals surface area contributed by atoms with Crippen molar-refractivity contribution in [1.82, 2.24) is 4.90 Å². The van der Waals surface area contributed by atoms with E-state index in [4.69, 9.17) is 4.74 Å². The van der Waals surface area contributed by atoms with Gasteiger partial charge in [0.1, 0.15) is 11.4 Å². The largest absolute Gasteiger partial charge is 0.444 e. The summed E-state index contributed by atoms with van der Waals surface area (Å²) in [6, 6.07) is 5.35. The van der Waals surface area contributed by atoms with Crippen LogP contribution in [0.25, 0.3) is 0 Å². The molecule has 1 saturated heterocycles. The molecule has 0 saturated carbocycles. The lowest BCUT2D eigenvalue weighted by Crippen LogP contribution is -2.40. The number of nitrogens with zero attached hydrogens (tertiary/aromatic N) is 1. The fourth-order valence-electron chi connectivity index (χ4n) is 2.58. The van der Waals surface area contributed by atoms with E-state index in [1.54, 1.807) is 4.90 Å². The number of ketones is 1. The van der Waals surface area contributed by atoms with Gasteiger partial charge < -0.3 is 9.64 Å². The Labute approximate surface area is 130 Å². The normalized spacial score (nSPS) is 18.4. The van der Waals surface area contributed by atoms with Crippen LogP contribution in [0, 0.1) is 5.82 Å². The Hall–Kier alpha value is -1.91. The van der Waals surface area contributed by atoms with Crippen molar-refractivity contribution in [1.29, 1.82) is 0 Å². The lowest BCUT2D eigenvalue weighted by atomic mass is 10.0. The Bertz CT molecular complexity index is 548. The van der Waals surface area contributed by atoms with Crippen molar-refractivity contribution in [2.75, 3.05) is 6.54 Å². The van der Waals surface area contributed by atoms with Crippen molar-refractivity contribution in [2.24, 2.45) is 0 Å². The van der Waals surface area contributed by atoms with Crippen LogP contribution in [0.5, 0.6) is 0 Å². The van der Waals surface area contributed by atoms with Crippen molar-refractivity contribution in [3.05, 3.63) is 35.6 Å². The summed E-state index contributed by atoms with van der Waals surface area (Å²) in [7, 11) is 0. The molecule has 1 fully saturated rings. The molecular weight excluding hydrogens is 285 g/mol. The highest BCUT2D eigenvalue weighted by Crippen LogP contribution is 2.24. The summed E-state index contributed by atoms with van der Waals surface area (Å²) in [6.07, 6.45) is 1.51. The van der Waals surface area contributed by atoms with Crippen LogP contribution in [0.15, 0.2) is 24.3 Å². The smallest absolute Gasteiger partial charge is 0.410 e. The second-order valence-electron chi connectivity index (χ2n) is 6.60. The Kier molecular flexibility index (Phi) is 4.84. The van der Waals surface area contributed by atoms with Gasteiger partial charge in [0, 0.05) is 24.6 Å². The van der Waals surface area contributed by atoms with E-state index in [9.17, 15) is 14.0 Å². The van der Waals surface area contributed by atoms with Crippen LogP contribution >= 0.6 is 0 Å². The number of rotatable bonds is 3. The topological polar surface area (TPSA) is 46.6 Å². The van der Waals surface area contributed by atoms with E-state index in [1.807, 2.05) is 20.8 Å². The van der Waals surface area contributed by atoms with Crippen LogP contribution < -0.4 is 0 Å². The first-order chi connectivity index (χ1) is 10.3. The number of ether oxygens (including phenoxy) is 1. The van der Waals surface area contributed by atoms with Crippen LogP contribution in [0.2, 0.25) is 0 Å². The van der Waals surface area contributed by atoms with E-state index in [0.29, 0.717) is 12.1 Å². The summed E-state index contributed by atoms with van der Waals surface area (Å²) >= 11 is 0. The van der Waals surface area contributed by atoms with Crippen molar-refractivity contribution in [3.63, 3.8) is 0 Å². The van der Waals surface area contributed by atoms with Crippen LogP contribution in [0.1, 0.15) is 50.4 Å². The molecule has 0 N–H and O–H groups in total. The number of likely N-dealkylation sites (tertiary alicyclic amines) is 1. The zero-order valence-corrected chi connectivity index (χ0v) is 13.3. The molecule has 1 aromatic rings. The van der Waals surface area contributed by atoms with Gasteiger partial charge in [-0.05, 0) is 57.9 Å². The van der Waals surface area contributed by atoms with Gasteiger partial charge in [0.05, 0.1) is 0 Å². The molecule has 0 bridgehead atoms. The number of Topliss-reactive ketones (excluding diaryl/α,β-unsaturated/α-hetero) is 1. The third-order valence-electron chi connectivity index (χ3n) is 3.59. The van der Waals surface area contributed by atoms with Crippen molar-refractivity contribution in [3.8, 4) is 0 Å². The molecule has 0 spiro atoms. The third-order valence-corrected chi connectivity index (χ3v) is 3.59. The summed E-state index contributed by atoms with van der Waals surface area (Å²) in [5.41, 5.74) is -0.0806. The molecule has 1 aromatic carbocycles. The number of amides is 1. The molecule has 2 rings (SSSR count). The van der Waals surface area contributed by atoms with Gasteiger partial charge in [0.25, 0.3) is 0 Å². The third kappa shape index (κ3) is 4.29. The van der Waals surface area contributed by atoms with Gasteiger partial charge in [-0.2, -0.15) is 0 Å². The zero-order valence-electron chi connectivity index (χ0n) is 13.3. The Morgan fingerprint density at radius 2 is 1.91 bits per heavy atom. The first-order valence-corrected chi connectivity index (χ1v) is 7.54. The monoisotopic (exact) mass is 307 g/mol. The van der Waals surface area contributed by atoms with E-state index in [-0.39, 0.29) is 30.2 Å². The lowest BCUT2D eigenvalue weighted by Gasteiger charge is -2.28. The van der Waals surface area contributed by atoms with E-state index in [0.717, 1.165) is 12.8 Å². The van der Waals surface area contributed by atoms with Gasteiger partial charge in [-0.25, -0.2) is 9.18 Å². The first kappa shape index (κ1) is 16.5. The molecule has 1 unspecified atom stereocenters. The van der Waals surface area contributed by atoms with Gasteiger partial charge in [-0.15, -0.1) is 0 Å². The maximum atomic E-state index is 12.9. The molecule has 0 aliphatic carbocycles. The van der Waals surface area contributed by atoms with Crippen LogP contribution in [0.3, 0.4) is 0 Å². The molecule has 5 heteroatoms. The Morgan fingerprint density at radius 3 is 2.50 bits per heavy atom. The molecule has 0 radical (unpaired) electrons.